The highest BCUT2D eigenvalue weighted by molar-refractivity contribution is 5.52. The number of methoxy groups -OCH3 is 2. The normalized spacial score (nSPS) is 17.3. The van der Waals surface area contributed by atoms with Gasteiger partial charge in [-0.1, -0.05) is 6.07 Å². The molecule has 3 heteroatoms. The van der Waals surface area contributed by atoms with Crippen LogP contribution in [-0.4, -0.2) is 19.3 Å². The van der Waals surface area contributed by atoms with E-state index in [2.05, 4.69) is 0 Å². The molecular formula is C12H16O3. The van der Waals surface area contributed by atoms with E-state index in [0.717, 1.165) is 29.7 Å². The third kappa shape index (κ3) is 1.57. The maximum absolute atomic E-state index is 10.1. The zero-order chi connectivity index (χ0) is 11.1. The third-order valence-electron chi connectivity index (χ3n) is 3.02. The van der Waals surface area contributed by atoms with E-state index in [9.17, 15) is 5.11 Å². The number of aliphatic hydroxyl groups is 1. The number of ether oxygens (including phenoxy) is 2. The Morgan fingerprint density at radius 3 is 2.33 bits per heavy atom. The number of benzene rings is 1. The Balaban J connectivity index is 2.51. The molecule has 0 aromatic heterocycles. The molecule has 1 saturated carbocycles. The minimum Gasteiger partial charge on any atom is -0.493 e. The van der Waals surface area contributed by atoms with Crippen molar-refractivity contribution >= 4 is 0 Å². The fraction of sp³-hybridized carbons (Fsp3) is 0.500. The van der Waals surface area contributed by atoms with E-state index < -0.39 is 5.60 Å². The lowest BCUT2D eigenvalue weighted by Crippen LogP contribution is -2.08. The first-order valence-electron chi connectivity index (χ1n) is 5.07. The number of hydrogen-bond donors (Lipinski definition) is 1. The molecule has 1 aliphatic carbocycles. The molecule has 0 atom stereocenters. The van der Waals surface area contributed by atoms with Gasteiger partial charge in [0.15, 0.2) is 11.5 Å². The summed E-state index contributed by atoms with van der Waals surface area (Å²) in [6, 6.07) is 3.77. The molecule has 0 aliphatic heterocycles. The first-order chi connectivity index (χ1) is 7.12. The molecule has 0 bridgehead atoms. The fourth-order valence-corrected chi connectivity index (χ4v) is 1.97. The molecule has 0 unspecified atom stereocenters. The molecule has 1 aromatic carbocycles. The van der Waals surface area contributed by atoms with Crippen molar-refractivity contribution in [2.45, 2.75) is 25.4 Å². The van der Waals surface area contributed by atoms with Crippen LogP contribution in [0.2, 0.25) is 0 Å². The largest absolute Gasteiger partial charge is 0.493 e. The highest BCUT2D eigenvalue weighted by Gasteiger charge is 2.43. The van der Waals surface area contributed by atoms with Gasteiger partial charge in [-0.3, -0.25) is 0 Å². The summed E-state index contributed by atoms with van der Waals surface area (Å²) in [5.74, 6) is 1.43. The molecule has 1 aliphatic rings. The van der Waals surface area contributed by atoms with E-state index in [1.54, 1.807) is 14.2 Å². The molecular weight excluding hydrogens is 192 g/mol. The summed E-state index contributed by atoms with van der Waals surface area (Å²) in [4.78, 5) is 0. The molecule has 1 fully saturated rings. The predicted octanol–water partition coefficient (Wildman–Crippen LogP) is 1.99. The van der Waals surface area contributed by atoms with Crippen LogP contribution in [0.1, 0.15) is 24.0 Å². The summed E-state index contributed by atoms with van der Waals surface area (Å²) in [5.41, 5.74) is 1.31. The minimum atomic E-state index is -0.621. The monoisotopic (exact) mass is 208 g/mol. The molecule has 3 nitrogen and oxygen atoms in total. The molecule has 82 valence electrons. The van der Waals surface area contributed by atoms with Crippen molar-refractivity contribution in [1.82, 2.24) is 0 Å². The smallest absolute Gasteiger partial charge is 0.163 e. The van der Waals surface area contributed by atoms with Crippen LogP contribution in [0.5, 0.6) is 11.5 Å². The van der Waals surface area contributed by atoms with Crippen molar-refractivity contribution in [3.8, 4) is 11.5 Å². The summed E-state index contributed by atoms with van der Waals surface area (Å²) in [5, 5.41) is 10.1. The van der Waals surface area contributed by atoms with E-state index in [1.165, 1.54) is 0 Å². The van der Waals surface area contributed by atoms with Crippen LogP contribution < -0.4 is 9.47 Å². The van der Waals surface area contributed by atoms with Gasteiger partial charge >= 0.3 is 0 Å². The molecule has 0 heterocycles. The quantitative estimate of drug-likeness (QED) is 0.825. The van der Waals surface area contributed by atoms with Gasteiger partial charge < -0.3 is 14.6 Å². The van der Waals surface area contributed by atoms with E-state index >= 15 is 0 Å². The number of rotatable bonds is 3. The molecule has 15 heavy (non-hydrogen) atoms. The number of hydrogen-bond acceptors (Lipinski definition) is 3. The lowest BCUT2D eigenvalue weighted by Gasteiger charge is -2.17. The zero-order valence-electron chi connectivity index (χ0n) is 9.33. The van der Waals surface area contributed by atoms with Crippen LogP contribution in [0.3, 0.4) is 0 Å². The van der Waals surface area contributed by atoms with Crippen molar-refractivity contribution in [2.24, 2.45) is 0 Å². The molecule has 2 rings (SSSR count). The highest BCUT2D eigenvalue weighted by atomic mass is 16.5. The summed E-state index contributed by atoms with van der Waals surface area (Å²) in [7, 11) is 3.23. The fourth-order valence-electron chi connectivity index (χ4n) is 1.97. The van der Waals surface area contributed by atoms with Crippen molar-refractivity contribution in [3.63, 3.8) is 0 Å². The van der Waals surface area contributed by atoms with Crippen LogP contribution in [-0.2, 0) is 5.60 Å². The standard InChI is InChI=1S/C12H16O3/c1-8-9(12(13)6-7-12)4-5-10(14-2)11(8)15-3/h4-5,13H,6-7H2,1-3H3. The molecule has 0 amide bonds. The van der Waals surface area contributed by atoms with E-state index in [0.29, 0.717) is 5.75 Å². The molecule has 0 saturated heterocycles. The average molecular weight is 208 g/mol. The van der Waals surface area contributed by atoms with Gasteiger partial charge in [-0.05, 0) is 31.4 Å². The summed E-state index contributed by atoms with van der Waals surface area (Å²) in [6.45, 7) is 1.95. The topological polar surface area (TPSA) is 38.7 Å². The van der Waals surface area contributed by atoms with E-state index in [4.69, 9.17) is 9.47 Å². The van der Waals surface area contributed by atoms with Gasteiger partial charge in [0.05, 0.1) is 19.8 Å². The molecule has 1 aromatic rings. The lowest BCUT2D eigenvalue weighted by atomic mass is 10.0. The van der Waals surface area contributed by atoms with Gasteiger partial charge in [0.25, 0.3) is 0 Å². The summed E-state index contributed by atoms with van der Waals surface area (Å²) in [6.07, 6.45) is 1.67. The molecule has 0 radical (unpaired) electrons. The Morgan fingerprint density at radius 2 is 1.87 bits per heavy atom. The highest BCUT2D eigenvalue weighted by Crippen LogP contribution is 2.49. The Hall–Kier alpha value is -1.22. The van der Waals surface area contributed by atoms with Crippen molar-refractivity contribution in [1.29, 1.82) is 0 Å². The molecule has 1 N–H and O–H groups in total. The second kappa shape index (κ2) is 3.42. The lowest BCUT2D eigenvalue weighted by molar-refractivity contribution is 0.150. The second-order valence-electron chi connectivity index (χ2n) is 4.01. The van der Waals surface area contributed by atoms with Crippen LogP contribution in [0.15, 0.2) is 12.1 Å². The minimum absolute atomic E-state index is 0.621. The predicted molar refractivity (Wildman–Crippen MR) is 57.4 cm³/mol. The average Bonchev–Trinajstić information content (AvgIpc) is 2.96. The van der Waals surface area contributed by atoms with Crippen molar-refractivity contribution in [2.75, 3.05) is 14.2 Å². The van der Waals surface area contributed by atoms with Crippen LogP contribution in [0, 0.1) is 6.92 Å². The van der Waals surface area contributed by atoms with Gasteiger partial charge in [0, 0.05) is 5.56 Å². The van der Waals surface area contributed by atoms with Crippen LogP contribution in [0.4, 0.5) is 0 Å². The van der Waals surface area contributed by atoms with E-state index in [-0.39, 0.29) is 0 Å². The second-order valence-corrected chi connectivity index (χ2v) is 4.01. The Bertz CT molecular complexity index is 381. The van der Waals surface area contributed by atoms with Gasteiger partial charge in [-0.2, -0.15) is 0 Å². The molecule has 0 spiro atoms. The maximum Gasteiger partial charge on any atom is 0.163 e. The van der Waals surface area contributed by atoms with Gasteiger partial charge in [0.2, 0.25) is 0 Å². The third-order valence-corrected chi connectivity index (χ3v) is 3.02. The van der Waals surface area contributed by atoms with E-state index in [1.807, 2.05) is 19.1 Å². The Kier molecular flexibility index (Phi) is 2.35. The maximum atomic E-state index is 10.1. The first kappa shape index (κ1) is 10.3. The Labute approximate surface area is 89.6 Å². The Morgan fingerprint density at radius 1 is 1.20 bits per heavy atom. The van der Waals surface area contributed by atoms with Crippen molar-refractivity contribution < 1.29 is 14.6 Å². The van der Waals surface area contributed by atoms with Gasteiger partial charge in [-0.25, -0.2) is 0 Å². The summed E-state index contributed by atoms with van der Waals surface area (Å²) < 4.78 is 10.5. The SMILES string of the molecule is COc1ccc(C2(O)CC2)c(C)c1OC. The van der Waals surface area contributed by atoms with Crippen molar-refractivity contribution in [3.05, 3.63) is 23.3 Å². The first-order valence-corrected chi connectivity index (χ1v) is 5.07. The van der Waals surface area contributed by atoms with Gasteiger partial charge in [-0.15, -0.1) is 0 Å². The van der Waals surface area contributed by atoms with Gasteiger partial charge in [0.1, 0.15) is 0 Å². The summed E-state index contributed by atoms with van der Waals surface area (Å²) >= 11 is 0. The van der Waals surface area contributed by atoms with Crippen LogP contribution in [0.25, 0.3) is 0 Å². The van der Waals surface area contributed by atoms with Crippen LogP contribution >= 0.6 is 0 Å². The zero-order valence-corrected chi connectivity index (χ0v) is 9.33.